The number of hydrogen-bond donors (Lipinski definition) is 0. The molecule has 6 heteroatoms. The molecule has 0 radical (unpaired) electrons. The Morgan fingerprint density at radius 3 is 2.42 bits per heavy atom. The summed E-state index contributed by atoms with van der Waals surface area (Å²) in [4.78, 5) is 0.259. The molecule has 1 aromatic rings. The second kappa shape index (κ2) is 6.12. The highest BCUT2D eigenvalue weighted by Crippen LogP contribution is 2.30. The number of sulfonamides is 1. The Labute approximate surface area is 129 Å². The van der Waals surface area contributed by atoms with Crippen molar-refractivity contribution in [2.75, 3.05) is 7.05 Å². The van der Waals surface area contributed by atoms with Crippen molar-refractivity contribution in [2.24, 2.45) is 0 Å². The van der Waals surface area contributed by atoms with E-state index in [1.165, 1.54) is 4.31 Å². The van der Waals surface area contributed by atoms with E-state index in [2.05, 4.69) is 15.9 Å². The third kappa shape index (κ3) is 3.51. The summed E-state index contributed by atoms with van der Waals surface area (Å²) in [6.45, 7) is 5.78. The lowest BCUT2D eigenvalue weighted by atomic mass is 10.0. The fourth-order valence-corrected chi connectivity index (χ4v) is 4.24. The fraction of sp³-hybridized carbons (Fsp3) is 0.538. The minimum absolute atomic E-state index is 0.259. The van der Waals surface area contributed by atoms with E-state index in [1.807, 2.05) is 20.8 Å². The van der Waals surface area contributed by atoms with Gasteiger partial charge in [-0.3, -0.25) is 0 Å². The van der Waals surface area contributed by atoms with Crippen LogP contribution in [0.25, 0.3) is 0 Å². The van der Waals surface area contributed by atoms with Crippen molar-refractivity contribution < 1.29 is 8.42 Å². The van der Waals surface area contributed by atoms with Crippen LogP contribution < -0.4 is 0 Å². The zero-order chi connectivity index (χ0) is 14.8. The number of nitrogens with zero attached hydrogens (tertiary/aromatic N) is 1. The lowest BCUT2D eigenvalue weighted by molar-refractivity contribution is 0.257. The molecule has 0 atom stereocenters. The molecule has 0 fully saturated rings. The standard InChI is InChI=1S/C13H19BrClNO2S/c1-5-13(2,3)16(4)19(17,18)12-8-10(9-15)6-7-11(12)14/h6-8H,5,9H2,1-4H3. The quantitative estimate of drug-likeness (QED) is 0.737. The highest BCUT2D eigenvalue weighted by Gasteiger charge is 2.33. The van der Waals surface area contributed by atoms with Gasteiger partial charge in [-0.15, -0.1) is 11.6 Å². The van der Waals surface area contributed by atoms with E-state index in [1.54, 1.807) is 25.2 Å². The molecule has 0 unspecified atom stereocenters. The highest BCUT2D eigenvalue weighted by molar-refractivity contribution is 9.10. The van der Waals surface area contributed by atoms with Crippen LogP contribution in [0.2, 0.25) is 0 Å². The van der Waals surface area contributed by atoms with Crippen LogP contribution >= 0.6 is 27.5 Å². The van der Waals surface area contributed by atoms with Gasteiger partial charge in [0.1, 0.15) is 0 Å². The van der Waals surface area contributed by atoms with Gasteiger partial charge in [-0.2, -0.15) is 4.31 Å². The summed E-state index contributed by atoms with van der Waals surface area (Å²) in [6.07, 6.45) is 0.732. The van der Waals surface area contributed by atoms with E-state index in [9.17, 15) is 8.42 Å². The number of alkyl halides is 1. The summed E-state index contributed by atoms with van der Waals surface area (Å²) in [7, 11) is -1.93. The van der Waals surface area contributed by atoms with E-state index in [0.717, 1.165) is 12.0 Å². The minimum Gasteiger partial charge on any atom is -0.207 e. The Kier molecular flexibility index (Phi) is 5.46. The highest BCUT2D eigenvalue weighted by atomic mass is 79.9. The van der Waals surface area contributed by atoms with Gasteiger partial charge in [0, 0.05) is 22.9 Å². The molecule has 0 aliphatic heterocycles. The molecule has 1 rings (SSSR count). The second-order valence-electron chi connectivity index (χ2n) is 5.04. The first kappa shape index (κ1) is 17.0. The molecule has 3 nitrogen and oxygen atoms in total. The number of halogens is 2. The van der Waals surface area contributed by atoms with Crippen LogP contribution in [0.1, 0.15) is 32.8 Å². The molecule has 0 bridgehead atoms. The summed E-state index contributed by atoms with van der Waals surface area (Å²) in [6, 6.07) is 5.15. The van der Waals surface area contributed by atoms with Gasteiger partial charge in [0.2, 0.25) is 10.0 Å². The Morgan fingerprint density at radius 2 is 1.95 bits per heavy atom. The van der Waals surface area contributed by atoms with Crippen LogP contribution in [0.15, 0.2) is 27.6 Å². The topological polar surface area (TPSA) is 37.4 Å². The first-order valence-corrected chi connectivity index (χ1v) is 8.77. The van der Waals surface area contributed by atoms with E-state index in [4.69, 9.17) is 11.6 Å². The lowest BCUT2D eigenvalue weighted by Gasteiger charge is -2.34. The van der Waals surface area contributed by atoms with Crippen molar-refractivity contribution in [1.29, 1.82) is 0 Å². The molecular weight excluding hydrogens is 350 g/mol. The largest absolute Gasteiger partial charge is 0.244 e. The maximum atomic E-state index is 12.7. The molecule has 0 spiro atoms. The number of benzene rings is 1. The minimum atomic E-state index is -3.54. The molecule has 0 N–H and O–H groups in total. The van der Waals surface area contributed by atoms with Gasteiger partial charge >= 0.3 is 0 Å². The van der Waals surface area contributed by atoms with Crippen LogP contribution in [0.3, 0.4) is 0 Å². The monoisotopic (exact) mass is 367 g/mol. The molecule has 0 saturated carbocycles. The van der Waals surface area contributed by atoms with Gasteiger partial charge in [-0.1, -0.05) is 13.0 Å². The number of rotatable bonds is 5. The number of hydrogen-bond acceptors (Lipinski definition) is 2. The maximum absolute atomic E-state index is 12.7. The SMILES string of the molecule is CCC(C)(C)N(C)S(=O)(=O)c1cc(CCl)ccc1Br. The third-order valence-electron chi connectivity index (χ3n) is 3.51. The van der Waals surface area contributed by atoms with Crippen molar-refractivity contribution >= 4 is 37.6 Å². The molecule has 1 aromatic carbocycles. The molecule has 0 aliphatic carbocycles. The van der Waals surface area contributed by atoms with E-state index >= 15 is 0 Å². The Bertz CT molecular complexity index is 558. The summed E-state index contributed by atoms with van der Waals surface area (Å²) >= 11 is 9.08. The van der Waals surface area contributed by atoms with Gasteiger partial charge in [-0.05, 0) is 53.9 Å². The predicted molar refractivity (Wildman–Crippen MR) is 83.0 cm³/mol. The Balaban J connectivity index is 3.35. The summed E-state index contributed by atoms with van der Waals surface area (Å²) in [5, 5.41) is 0. The molecule has 108 valence electrons. The van der Waals surface area contributed by atoms with Crippen LogP contribution in [0, 0.1) is 0 Å². The normalized spacial score (nSPS) is 13.0. The fourth-order valence-electron chi connectivity index (χ4n) is 1.52. The smallest absolute Gasteiger partial charge is 0.207 e. The first-order chi connectivity index (χ1) is 8.66. The van der Waals surface area contributed by atoms with Crippen molar-refractivity contribution in [2.45, 2.75) is 43.5 Å². The molecule has 0 amide bonds. The Hall–Kier alpha value is -0.100. The zero-order valence-corrected chi connectivity index (χ0v) is 14.7. The van der Waals surface area contributed by atoms with Crippen LogP contribution in [0.4, 0.5) is 0 Å². The molecule has 0 aliphatic rings. The van der Waals surface area contributed by atoms with E-state index in [0.29, 0.717) is 4.47 Å². The molecule has 0 heterocycles. The molecule has 19 heavy (non-hydrogen) atoms. The van der Waals surface area contributed by atoms with E-state index in [-0.39, 0.29) is 10.8 Å². The van der Waals surface area contributed by atoms with Crippen LogP contribution in [-0.2, 0) is 15.9 Å². The average molecular weight is 369 g/mol. The van der Waals surface area contributed by atoms with Crippen molar-refractivity contribution in [1.82, 2.24) is 4.31 Å². The summed E-state index contributed by atoms with van der Waals surface area (Å²) in [5.74, 6) is 0.288. The van der Waals surface area contributed by atoms with Gasteiger partial charge in [0.05, 0.1) is 4.90 Å². The second-order valence-corrected chi connectivity index (χ2v) is 8.10. The maximum Gasteiger partial charge on any atom is 0.244 e. The van der Waals surface area contributed by atoms with E-state index < -0.39 is 15.6 Å². The third-order valence-corrected chi connectivity index (χ3v) is 6.88. The van der Waals surface area contributed by atoms with Gasteiger partial charge in [-0.25, -0.2) is 8.42 Å². The van der Waals surface area contributed by atoms with Gasteiger partial charge in [0.15, 0.2) is 0 Å². The van der Waals surface area contributed by atoms with Gasteiger partial charge < -0.3 is 0 Å². The van der Waals surface area contributed by atoms with Crippen LogP contribution in [0.5, 0.6) is 0 Å². The van der Waals surface area contributed by atoms with Crippen molar-refractivity contribution in [3.05, 3.63) is 28.2 Å². The zero-order valence-electron chi connectivity index (χ0n) is 11.6. The van der Waals surface area contributed by atoms with Crippen molar-refractivity contribution in [3.8, 4) is 0 Å². The average Bonchev–Trinajstić information content (AvgIpc) is 2.38. The Morgan fingerprint density at radius 1 is 1.37 bits per heavy atom. The summed E-state index contributed by atoms with van der Waals surface area (Å²) < 4.78 is 27.3. The lowest BCUT2D eigenvalue weighted by Crippen LogP contribution is -2.44. The summed E-state index contributed by atoms with van der Waals surface area (Å²) in [5.41, 5.74) is 0.348. The van der Waals surface area contributed by atoms with Crippen molar-refractivity contribution in [3.63, 3.8) is 0 Å². The predicted octanol–water partition coefficient (Wildman–Crippen LogP) is 4.00. The first-order valence-electron chi connectivity index (χ1n) is 6.00. The van der Waals surface area contributed by atoms with Gasteiger partial charge in [0.25, 0.3) is 0 Å². The molecular formula is C13H19BrClNO2S. The van der Waals surface area contributed by atoms with Crippen LogP contribution in [-0.4, -0.2) is 25.3 Å². The molecule has 0 aromatic heterocycles. The molecule has 0 saturated heterocycles.